The molecule has 5 nitrogen and oxygen atoms in total. The van der Waals surface area contributed by atoms with Crippen molar-refractivity contribution in [2.75, 3.05) is 10.0 Å². The molecule has 3 aromatic carbocycles. The van der Waals surface area contributed by atoms with Gasteiger partial charge in [0.05, 0.1) is 4.90 Å². The Labute approximate surface area is 179 Å². The second kappa shape index (κ2) is 9.13. The van der Waals surface area contributed by atoms with Crippen molar-refractivity contribution in [1.82, 2.24) is 0 Å². The van der Waals surface area contributed by atoms with Gasteiger partial charge >= 0.3 is 0 Å². The van der Waals surface area contributed by atoms with E-state index in [-0.39, 0.29) is 10.8 Å². The van der Waals surface area contributed by atoms with E-state index >= 15 is 0 Å². The first kappa shape index (κ1) is 20.9. The molecule has 0 saturated heterocycles. The Balaban J connectivity index is 1.63. The van der Waals surface area contributed by atoms with Crippen molar-refractivity contribution in [3.63, 3.8) is 0 Å². The molecule has 29 heavy (non-hydrogen) atoms. The molecular weight excluding hydrogens is 431 g/mol. The molecule has 3 aromatic rings. The van der Waals surface area contributed by atoms with Gasteiger partial charge in [0.15, 0.2) is 0 Å². The minimum Gasteiger partial charge on any atom is -0.323 e. The summed E-state index contributed by atoms with van der Waals surface area (Å²) in [5, 5.41) is 3.81. The number of rotatable bonds is 6. The molecule has 148 valence electrons. The van der Waals surface area contributed by atoms with Gasteiger partial charge in [0, 0.05) is 27.5 Å². The Morgan fingerprint density at radius 2 is 1.28 bits per heavy atom. The second-order valence-corrected chi connectivity index (χ2v) is 8.57. The van der Waals surface area contributed by atoms with Gasteiger partial charge in [-0.05, 0) is 72.3 Å². The van der Waals surface area contributed by atoms with Crippen LogP contribution >= 0.6 is 23.2 Å². The number of hydrogen-bond acceptors (Lipinski definition) is 3. The maximum absolute atomic E-state index is 12.5. The first-order valence-corrected chi connectivity index (χ1v) is 10.7. The predicted octanol–water partition coefficient (Wildman–Crippen LogP) is 5.45. The van der Waals surface area contributed by atoms with Crippen molar-refractivity contribution in [3.8, 4) is 0 Å². The quantitative estimate of drug-likeness (QED) is 0.494. The average molecular weight is 447 g/mol. The molecule has 0 aliphatic rings. The SMILES string of the molecule is O=C(/C=C/c1ccc(Cl)cc1)Nc1ccc(S(=O)(=O)Nc2ccc(Cl)cc2)cc1. The number of carbonyl (C=O) groups is 1. The van der Waals surface area contributed by atoms with Crippen LogP contribution in [0.5, 0.6) is 0 Å². The van der Waals surface area contributed by atoms with Gasteiger partial charge in [-0.2, -0.15) is 0 Å². The van der Waals surface area contributed by atoms with E-state index in [4.69, 9.17) is 23.2 Å². The van der Waals surface area contributed by atoms with Crippen LogP contribution in [0.2, 0.25) is 10.0 Å². The fourth-order valence-electron chi connectivity index (χ4n) is 2.38. The van der Waals surface area contributed by atoms with Crippen LogP contribution in [0.15, 0.2) is 83.8 Å². The highest BCUT2D eigenvalue weighted by molar-refractivity contribution is 7.92. The van der Waals surface area contributed by atoms with Crippen LogP contribution < -0.4 is 10.0 Å². The zero-order valence-corrected chi connectivity index (χ0v) is 17.3. The van der Waals surface area contributed by atoms with E-state index in [9.17, 15) is 13.2 Å². The topological polar surface area (TPSA) is 75.3 Å². The molecule has 0 atom stereocenters. The van der Waals surface area contributed by atoms with Gasteiger partial charge in [0.1, 0.15) is 0 Å². The summed E-state index contributed by atoms with van der Waals surface area (Å²) in [6.07, 6.45) is 3.04. The van der Waals surface area contributed by atoms with Crippen molar-refractivity contribution in [3.05, 3.63) is 94.5 Å². The summed E-state index contributed by atoms with van der Waals surface area (Å²) >= 11 is 11.6. The van der Waals surface area contributed by atoms with Gasteiger partial charge < -0.3 is 5.32 Å². The van der Waals surface area contributed by atoms with E-state index in [1.165, 1.54) is 30.3 Å². The Morgan fingerprint density at radius 3 is 1.86 bits per heavy atom. The van der Waals surface area contributed by atoms with Crippen molar-refractivity contribution in [1.29, 1.82) is 0 Å². The third-order valence-electron chi connectivity index (χ3n) is 3.83. The third-order valence-corrected chi connectivity index (χ3v) is 5.73. The number of amides is 1. The van der Waals surface area contributed by atoms with E-state index in [0.717, 1.165) is 5.56 Å². The molecular formula is C21H16Cl2N2O3S. The fourth-order valence-corrected chi connectivity index (χ4v) is 3.69. The molecule has 0 spiro atoms. The number of hydrogen-bond donors (Lipinski definition) is 2. The lowest BCUT2D eigenvalue weighted by Crippen LogP contribution is -2.13. The average Bonchev–Trinajstić information content (AvgIpc) is 2.70. The van der Waals surface area contributed by atoms with E-state index in [2.05, 4.69) is 10.0 Å². The summed E-state index contributed by atoms with van der Waals surface area (Å²) < 4.78 is 27.4. The predicted molar refractivity (Wildman–Crippen MR) is 118 cm³/mol. The summed E-state index contributed by atoms with van der Waals surface area (Å²) in [6, 6.07) is 19.2. The molecule has 3 rings (SSSR count). The molecule has 0 bridgehead atoms. The van der Waals surface area contributed by atoms with Gasteiger partial charge in [-0.25, -0.2) is 8.42 Å². The number of benzene rings is 3. The van der Waals surface area contributed by atoms with Crippen LogP contribution in [0.3, 0.4) is 0 Å². The molecule has 0 fully saturated rings. The molecule has 0 aromatic heterocycles. The van der Waals surface area contributed by atoms with Crippen LogP contribution in [0.1, 0.15) is 5.56 Å². The number of carbonyl (C=O) groups excluding carboxylic acids is 1. The van der Waals surface area contributed by atoms with Crippen LogP contribution in [-0.2, 0) is 14.8 Å². The smallest absolute Gasteiger partial charge is 0.261 e. The van der Waals surface area contributed by atoms with E-state index < -0.39 is 10.0 Å². The summed E-state index contributed by atoms with van der Waals surface area (Å²) in [5.74, 6) is -0.338. The Hall–Kier alpha value is -2.80. The molecule has 0 aliphatic heterocycles. The van der Waals surface area contributed by atoms with Crippen molar-refractivity contribution in [2.24, 2.45) is 0 Å². The van der Waals surface area contributed by atoms with Gasteiger partial charge in [-0.15, -0.1) is 0 Å². The van der Waals surface area contributed by atoms with Crippen LogP contribution in [-0.4, -0.2) is 14.3 Å². The first-order valence-electron chi connectivity index (χ1n) is 8.45. The Kier molecular flexibility index (Phi) is 6.59. The normalized spacial score (nSPS) is 11.4. The Bertz CT molecular complexity index is 1130. The van der Waals surface area contributed by atoms with Gasteiger partial charge in [0.2, 0.25) is 5.91 Å². The summed E-state index contributed by atoms with van der Waals surface area (Å²) in [7, 11) is -3.75. The number of sulfonamides is 1. The molecule has 8 heteroatoms. The summed E-state index contributed by atoms with van der Waals surface area (Å²) in [6.45, 7) is 0. The van der Waals surface area contributed by atoms with Gasteiger partial charge in [-0.3, -0.25) is 9.52 Å². The van der Waals surface area contributed by atoms with Crippen molar-refractivity contribution >= 4 is 56.6 Å². The maximum atomic E-state index is 12.5. The van der Waals surface area contributed by atoms with Crippen LogP contribution in [0.4, 0.5) is 11.4 Å². The monoisotopic (exact) mass is 446 g/mol. The van der Waals surface area contributed by atoms with E-state index in [1.807, 2.05) is 0 Å². The van der Waals surface area contributed by atoms with Crippen LogP contribution in [0, 0.1) is 0 Å². The first-order chi connectivity index (χ1) is 13.8. The minimum absolute atomic E-state index is 0.0714. The zero-order chi connectivity index (χ0) is 20.9. The molecule has 1 amide bonds. The van der Waals surface area contributed by atoms with Gasteiger partial charge in [0.25, 0.3) is 10.0 Å². The van der Waals surface area contributed by atoms with Crippen LogP contribution in [0.25, 0.3) is 6.08 Å². The van der Waals surface area contributed by atoms with E-state index in [0.29, 0.717) is 21.4 Å². The summed E-state index contributed by atoms with van der Waals surface area (Å²) in [4.78, 5) is 12.1. The molecule has 0 aliphatic carbocycles. The highest BCUT2D eigenvalue weighted by atomic mass is 35.5. The molecule has 0 heterocycles. The zero-order valence-electron chi connectivity index (χ0n) is 15.0. The second-order valence-electron chi connectivity index (χ2n) is 6.01. The highest BCUT2D eigenvalue weighted by Crippen LogP contribution is 2.20. The number of halogens is 2. The molecule has 0 unspecified atom stereocenters. The van der Waals surface area contributed by atoms with Gasteiger partial charge in [-0.1, -0.05) is 35.3 Å². The number of nitrogens with one attached hydrogen (secondary N) is 2. The number of anilines is 2. The molecule has 0 saturated carbocycles. The van der Waals surface area contributed by atoms with Crippen molar-refractivity contribution < 1.29 is 13.2 Å². The third kappa shape index (κ3) is 6.09. The molecule has 0 radical (unpaired) electrons. The maximum Gasteiger partial charge on any atom is 0.261 e. The van der Waals surface area contributed by atoms with Crippen molar-refractivity contribution in [2.45, 2.75) is 4.90 Å². The minimum atomic E-state index is -3.75. The highest BCUT2D eigenvalue weighted by Gasteiger charge is 2.14. The summed E-state index contributed by atoms with van der Waals surface area (Å²) in [5.41, 5.74) is 1.71. The van der Waals surface area contributed by atoms with E-state index in [1.54, 1.807) is 54.6 Å². The standard InChI is InChI=1S/C21H16Cl2N2O3S/c22-16-4-1-15(2-5-16)3-14-21(26)24-18-10-12-20(13-11-18)29(27,28)25-19-8-6-17(23)7-9-19/h1-14,25H,(H,24,26)/b14-3+. The lowest BCUT2D eigenvalue weighted by Gasteiger charge is -2.09. The Morgan fingerprint density at radius 1 is 0.759 bits per heavy atom. The lowest BCUT2D eigenvalue weighted by atomic mass is 10.2. The molecule has 2 N–H and O–H groups in total. The fraction of sp³-hybridized carbons (Fsp3) is 0. The lowest BCUT2D eigenvalue weighted by molar-refractivity contribution is -0.111. The largest absolute Gasteiger partial charge is 0.323 e.